The SMILES string of the molecule is CS(=O)(=O)c1nccn1CC(O)CN1CCc2ccccc2C1. The molecular weight excluding hydrogens is 314 g/mol. The Morgan fingerprint density at radius 2 is 2.00 bits per heavy atom. The quantitative estimate of drug-likeness (QED) is 0.871. The molecule has 1 N–H and O–H groups in total. The van der Waals surface area contributed by atoms with E-state index in [0.29, 0.717) is 6.54 Å². The number of nitrogens with zero attached hydrogens (tertiary/aromatic N) is 3. The molecule has 0 aliphatic carbocycles. The molecule has 124 valence electrons. The number of sulfone groups is 1. The smallest absolute Gasteiger partial charge is 0.227 e. The van der Waals surface area contributed by atoms with Gasteiger partial charge in [0.2, 0.25) is 15.0 Å². The first-order valence-electron chi connectivity index (χ1n) is 7.62. The van der Waals surface area contributed by atoms with Crippen LogP contribution in [-0.4, -0.2) is 53.4 Å². The van der Waals surface area contributed by atoms with Crippen LogP contribution in [0.5, 0.6) is 0 Å². The number of β-amino-alcohol motifs (C(OH)–C–C–N with tert-alkyl or cyclic N) is 1. The van der Waals surface area contributed by atoms with Crippen LogP contribution in [-0.2, 0) is 29.3 Å². The van der Waals surface area contributed by atoms with Gasteiger partial charge in [-0.1, -0.05) is 24.3 Å². The van der Waals surface area contributed by atoms with Crippen molar-refractivity contribution in [3.63, 3.8) is 0 Å². The van der Waals surface area contributed by atoms with Crippen molar-refractivity contribution in [1.29, 1.82) is 0 Å². The molecule has 0 saturated carbocycles. The molecule has 3 rings (SSSR count). The predicted molar refractivity (Wildman–Crippen MR) is 86.8 cm³/mol. The second-order valence-electron chi connectivity index (χ2n) is 6.04. The third kappa shape index (κ3) is 3.80. The highest BCUT2D eigenvalue weighted by molar-refractivity contribution is 7.90. The average molecular weight is 335 g/mol. The van der Waals surface area contributed by atoms with Gasteiger partial charge in [0, 0.05) is 38.3 Å². The van der Waals surface area contributed by atoms with Crippen LogP contribution in [0, 0.1) is 0 Å². The first kappa shape index (κ1) is 16.2. The lowest BCUT2D eigenvalue weighted by atomic mass is 10.00. The molecule has 2 heterocycles. The molecular formula is C16H21N3O3S. The van der Waals surface area contributed by atoms with E-state index in [1.165, 1.54) is 21.9 Å². The number of imidazole rings is 1. The lowest BCUT2D eigenvalue weighted by Crippen LogP contribution is -2.38. The van der Waals surface area contributed by atoms with Crippen LogP contribution in [0.15, 0.2) is 41.8 Å². The maximum atomic E-state index is 11.6. The zero-order valence-electron chi connectivity index (χ0n) is 13.1. The predicted octanol–water partition coefficient (Wildman–Crippen LogP) is 0.706. The summed E-state index contributed by atoms with van der Waals surface area (Å²) in [5.41, 5.74) is 2.66. The number of benzene rings is 1. The summed E-state index contributed by atoms with van der Waals surface area (Å²) in [6.07, 6.45) is 4.49. The van der Waals surface area contributed by atoms with Crippen molar-refractivity contribution in [1.82, 2.24) is 14.5 Å². The summed E-state index contributed by atoms with van der Waals surface area (Å²) < 4.78 is 24.8. The van der Waals surface area contributed by atoms with E-state index in [1.54, 1.807) is 6.20 Å². The van der Waals surface area contributed by atoms with E-state index in [0.717, 1.165) is 25.8 Å². The van der Waals surface area contributed by atoms with Crippen molar-refractivity contribution in [2.24, 2.45) is 0 Å². The van der Waals surface area contributed by atoms with E-state index < -0.39 is 15.9 Å². The second-order valence-corrected chi connectivity index (χ2v) is 7.95. The molecule has 1 aliphatic heterocycles. The molecule has 0 bridgehead atoms. The normalized spacial score (nSPS) is 17.0. The Hall–Kier alpha value is -1.70. The maximum absolute atomic E-state index is 11.6. The zero-order chi connectivity index (χ0) is 16.4. The Labute approximate surface area is 136 Å². The third-order valence-electron chi connectivity index (χ3n) is 4.10. The fourth-order valence-corrected chi connectivity index (χ4v) is 3.87. The summed E-state index contributed by atoms with van der Waals surface area (Å²) in [4.78, 5) is 6.07. The van der Waals surface area contributed by atoms with Gasteiger partial charge in [-0.2, -0.15) is 0 Å². The number of aliphatic hydroxyl groups is 1. The van der Waals surface area contributed by atoms with Crippen LogP contribution in [0.4, 0.5) is 0 Å². The minimum Gasteiger partial charge on any atom is -0.390 e. The number of hydrogen-bond donors (Lipinski definition) is 1. The van der Waals surface area contributed by atoms with Gasteiger partial charge in [0.1, 0.15) is 0 Å². The average Bonchev–Trinajstić information content (AvgIpc) is 2.95. The van der Waals surface area contributed by atoms with E-state index in [1.807, 2.05) is 6.07 Å². The first-order valence-corrected chi connectivity index (χ1v) is 9.51. The standard InChI is InChI=1S/C16H21N3O3S/c1-23(21,22)16-17-7-9-19(16)12-15(20)11-18-8-6-13-4-2-3-5-14(13)10-18/h2-5,7,9,15,20H,6,8,10-12H2,1H3. The van der Waals surface area contributed by atoms with Crippen molar-refractivity contribution in [2.45, 2.75) is 30.8 Å². The fourth-order valence-electron chi connectivity index (χ4n) is 3.06. The Bertz CT molecular complexity index is 785. The van der Waals surface area contributed by atoms with Crippen LogP contribution in [0.2, 0.25) is 0 Å². The van der Waals surface area contributed by atoms with E-state index in [9.17, 15) is 13.5 Å². The van der Waals surface area contributed by atoms with Gasteiger partial charge in [0.25, 0.3) is 0 Å². The molecule has 2 aromatic rings. The highest BCUT2D eigenvalue weighted by atomic mass is 32.2. The molecule has 0 radical (unpaired) electrons. The largest absolute Gasteiger partial charge is 0.390 e. The number of fused-ring (bicyclic) bond motifs is 1. The van der Waals surface area contributed by atoms with Gasteiger partial charge >= 0.3 is 0 Å². The van der Waals surface area contributed by atoms with Crippen molar-refractivity contribution in [3.8, 4) is 0 Å². The number of hydrogen-bond acceptors (Lipinski definition) is 5. The van der Waals surface area contributed by atoms with Crippen molar-refractivity contribution in [3.05, 3.63) is 47.8 Å². The van der Waals surface area contributed by atoms with Gasteiger partial charge in [-0.25, -0.2) is 13.4 Å². The molecule has 23 heavy (non-hydrogen) atoms. The number of aromatic nitrogens is 2. The van der Waals surface area contributed by atoms with Crippen LogP contribution in [0.25, 0.3) is 0 Å². The van der Waals surface area contributed by atoms with Gasteiger partial charge < -0.3 is 9.67 Å². The summed E-state index contributed by atoms with van der Waals surface area (Å²) in [5.74, 6) is 0. The number of aliphatic hydroxyl groups excluding tert-OH is 1. The summed E-state index contributed by atoms with van der Waals surface area (Å²) in [5, 5.41) is 10.3. The second kappa shape index (κ2) is 6.43. The molecule has 0 amide bonds. The van der Waals surface area contributed by atoms with Gasteiger partial charge in [-0.15, -0.1) is 0 Å². The minimum absolute atomic E-state index is 0.000500. The zero-order valence-corrected chi connectivity index (χ0v) is 13.9. The molecule has 0 fully saturated rings. The third-order valence-corrected chi connectivity index (χ3v) is 5.10. The first-order chi connectivity index (χ1) is 10.9. The molecule has 1 atom stereocenters. The molecule has 0 spiro atoms. The molecule has 0 saturated heterocycles. The summed E-state index contributed by atoms with van der Waals surface area (Å²) >= 11 is 0. The van der Waals surface area contributed by atoms with Crippen LogP contribution in [0.1, 0.15) is 11.1 Å². The van der Waals surface area contributed by atoms with E-state index in [4.69, 9.17) is 0 Å². The van der Waals surface area contributed by atoms with Crippen molar-refractivity contribution < 1.29 is 13.5 Å². The van der Waals surface area contributed by atoms with E-state index >= 15 is 0 Å². The fraction of sp³-hybridized carbons (Fsp3) is 0.438. The monoisotopic (exact) mass is 335 g/mol. The summed E-state index contributed by atoms with van der Waals surface area (Å²) in [6.45, 7) is 2.45. The minimum atomic E-state index is -3.38. The Morgan fingerprint density at radius 1 is 1.26 bits per heavy atom. The van der Waals surface area contributed by atoms with Gasteiger partial charge in [-0.05, 0) is 17.5 Å². The van der Waals surface area contributed by atoms with E-state index in [2.05, 4.69) is 28.1 Å². The molecule has 7 heteroatoms. The maximum Gasteiger partial charge on any atom is 0.227 e. The number of rotatable bonds is 5. The van der Waals surface area contributed by atoms with Crippen molar-refractivity contribution >= 4 is 9.84 Å². The molecule has 1 aromatic carbocycles. The molecule has 6 nitrogen and oxygen atoms in total. The lowest BCUT2D eigenvalue weighted by Gasteiger charge is -2.30. The highest BCUT2D eigenvalue weighted by Gasteiger charge is 2.21. The highest BCUT2D eigenvalue weighted by Crippen LogP contribution is 2.18. The van der Waals surface area contributed by atoms with Gasteiger partial charge in [0.05, 0.1) is 12.6 Å². The lowest BCUT2D eigenvalue weighted by molar-refractivity contribution is 0.0897. The molecule has 1 aliphatic rings. The van der Waals surface area contributed by atoms with Crippen LogP contribution >= 0.6 is 0 Å². The van der Waals surface area contributed by atoms with Crippen molar-refractivity contribution in [2.75, 3.05) is 19.3 Å². The Kier molecular flexibility index (Phi) is 4.52. The molecule has 1 unspecified atom stereocenters. The van der Waals surface area contributed by atoms with Gasteiger partial charge in [0.15, 0.2) is 0 Å². The van der Waals surface area contributed by atoms with Crippen LogP contribution in [0.3, 0.4) is 0 Å². The molecule has 1 aromatic heterocycles. The summed E-state index contributed by atoms with van der Waals surface area (Å²) in [7, 11) is -3.38. The van der Waals surface area contributed by atoms with Crippen LogP contribution < -0.4 is 0 Å². The Balaban J connectivity index is 1.63. The summed E-state index contributed by atoms with van der Waals surface area (Å²) in [6, 6.07) is 8.34. The van der Waals surface area contributed by atoms with E-state index in [-0.39, 0.29) is 11.7 Å². The Morgan fingerprint density at radius 3 is 2.74 bits per heavy atom. The topological polar surface area (TPSA) is 75.4 Å². The van der Waals surface area contributed by atoms with Gasteiger partial charge in [-0.3, -0.25) is 4.90 Å².